The van der Waals surface area contributed by atoms with E-state index in [1.54, 1.807) is 6.20 Å². The summed E-state index contributed by atoms with van der Waals surface area (Å²) in [5.41, 5.74) is 3.60. The first-order chi connectivity index (χ1) is 6.75. The van der Waals surface area contributed by atoms with Crippen molar-refractivity contribution in [2.45, 2.75) is 6.92 Å². The van der Waals surface area contributed by atoms with Gasteiger partial charge in [0.15, 0.2) is 0 Å². The molecule has 0 N–H and O–H groups in total. The summed E-state index contributed by atoms with van der Waals surface area (Å²) in [7, 11) is 0. The standard InChI is InChI=1S/C12H10BrN/c1-9-5-11(7-12(13)6-9)10-3-2-4-14-8-10/h2-8H,1H3. The lowest BCUT2D eigenvalue weighted by atomic mass is 10.1. The van der Waals surface area contributed by atoms with Gasteiger partial charge in [-0.3, -0.25) is 4.98 Å². The smallest absolute Gasteiger partial charge is 0.0346 e. The van der Waals surface area contributed by atoms with Crippen molar-refractivity contribution in [2.75, 3.05) is 0 Å². The summed E-state index contributed by atoms with van der Waals surface area (Å²) in [4.78, 5) is 4.11. The largest absolute Gasteiger partial charge is 0.264 e. The van der Waals surface area contributed by atoms with Crippen LogP contribution in [-0.2, 0) is 0 Å². The average Bonchev–Trinajstić information content (AvgIpc) is 2.18. The molecule has 0 radical (unpaired) electrons. The highest BCUT2D eigenvalue weighted by Crippen LogP contribution is 2.23. The third-order valence-electron chi connectivity index (χ3n) is 2.04. The van der Waals surface area contributed by atoms with E-state index < -0.39 is 0 Å². The van der Waals surface area contributed by atoms with Gasteiger partial charge in [0.05, 0.1) is 0 Å². The Morgan fingerprint density at radius 1 is 1.14 bits per heavy atom. The highest BCUT2D eigenvalue weighted by Gasteiger charge is 1.99. The molecule has 70 valence electrons. The van der Waals surface area contributed by atoms with Crippen LogP contribution >= 0.6 is 15.9 Å². The molecule has 0 aliphatic heterocycles. The molecule has 2 rings (SSSR count). The molecule has 0 fully saturated rings. The normalized spacial score (nSPS) is 10.1. The monoisotopic (exact) mass is 247 g/mol. The van der Waals surface area contributed by atoms with Crippen LogP contribution in [0.4, 0.5) is 0 Å². The van der Waals surface area contributed by atoms with Crippen molar-refractivity contribution in [3.63, 3.8) is 0 Å². The molecule has 0 amide bonds. The van der Waals surface area contributed by atoms with Crippen LogP contribution in [0.1, 0.15) is 5.56 Å². The molecule has 0 aliphatic carbocycles. The van der Waals surface area contributed by atoms with Gasteiger partial charge in [-0.05, 0) is 36.2 Å². The van der Waals surface area contributed by atoms with Crippen LogP contribution in [0, 0.1) is 6.92 Å². The first kappa shape index (κ1) is 9.41. The lowest BCUT2D eigenvalue weighted by Crippen LogP contribution is -1.81. The average molecular weight is 248 g/mol. The second kappa shape index (κ2) is 3.93. The van der Waals surface area contributed by atoms with E-state index in [4.69, 9.17) is 0 Å². The lowest BCUT2D eigenvalue weighted by Gasteiger charge is -2.03. The van der Waals surface area contributed by atoms with E-state index in [9.17, 15) is 0 Å². The maximum atomic E-state index is 4.11. The van der Waals surface area contributed by atoms with Crippen molar-refractivity contribution in [1.29, 1.82) is 0 Å². The Bertz CT molecular complexity index is 417. The first-order valence-corrected chi connectivity index (χ1v) is 5.22. The van der Waals surface area contributed by atoms with E-state index in [0.717, 1.165) is 10.0 Å². The number of hydrogen-bond donors (Lipinski definition) is 0. The molecule has 0 atom stereocenters. The summed E-state index contributed by atoms with van der Waals surface area (Å²) in [6.45, 7) is 2.09. The number of pyridine rings is 1. The fourth-order valence-corrected chi connectivity index (χ4v) is 2.04. The van der Waals surface area contributed by atoms with E-state index in [0.29, 0.717) is 0 Å². The van der Waals surface area contributed by atoms with E-state index >= 15 is 0 Å². The summed E-state index contributed by atoms with van der Waals surface area (Å²) in [5, 5.41) is 0. The number of rotatable bonds is 1. The van der Waals surface area contributed by atoms with Crippen LogP contribution in [0.5, 0.6) is 0 Å². The minimum atomic E-state index is 1.11. The Morgan fingerprint density at radius 2 is 2.00 bits per heavy atom. The maximum absolute atomic E-state index is 4.11. The summed E-state index contributed by atoms with van der Waals surface area (Å²) < 4.78 is 1.11. The minimum Gasteiger partial charge on any atom is -0.264 e. The zero-order chi connectivity index (χ0) is 9.97. The molecule has 0 spiro atoms. The molecule has 14 heavy (non-hydrogen) atoms. The summed E-state index contributed by atoms with van der Waals surface area (Å²) in [5.74, 6) is 0. The molecule has 0 aliphatic rings. The number of benzene rings is 1. The van der Waals surface area contributed by atoms with Crippen molar-refractivity contribution in [3.05, 3.63) is 52.8 Å². The molecule has 2 aromatic rings. The van der Waals surface area contributed by atoms with Gasteiger partial charge >= 0.3 is 0 Å². The summed E-state index contributed by atoms with van der Waals surface area (Å²) in [6.07, 6.45) is 3.66. The maximum Gasteiger partial charge on any atom is 0.0346 e. The second-order valence-electron chi connectivity index (χ2n) is 3.26. The predicted molar refractivity (Wildman–Crippen MR) is 62.1 cm³/mol. The number of aromatic nitrogens is 1. The van der Waals surface area contributed by atoms with Crippen LogP contribution in [0.3, 0.4) is 0 Å². The van der Waals surface area contributed by atoms with Gasteiger partial charge in [0.2, 0.25) is 0 Å². The van der Waals surface area contributed by atoms with Gasteiger partial charge in [0.25, 0.3) is 0 Å². The molecule has 1 aromatic carbocycles. The number of nitrogens with zero attached hydrogens (tertiary/aromatic N) is 1. The second-order valence-corrected chi connectivity index (χ2v) is 4.17. The highest BCUT2D eigenvalue weighted by atomic mass is 79.9. The number of halogens is 1. The third kappa shape index (κ3) is 2.02. The minimum absolute atomic E-state index is 1.11. The van der Waals surface area contributed by atoms with E-state index in [2.05, 4.69) is 52.1 Å². The van der Waals surface area contributed by atoms with Crippen molar-refractivity contribution < 1.29 is 0 Å². The molecule has 2 heteroatoms. The summed E-state index contributed by atoms with van der Waals surface area (Å²) >= 11 is 3.49. The molecule has 1 nitrogen and oxygen atoms in total. The summed E-state index contributed by atoms with van der Waals surface area (Å²) in [6, 6.07) is 10.4. The molecule has 0 saturated heterocycles. The molecular formula is C12H10BrN. The quantitative estimate of drug-likeness (QED) is 0.747. The van der Waals surface area contributed by atoms with Crippen molar-refractivity contribution in [2.24, 2.45) is 0 Å². The van der Waals surface area contributed by atoms with E-state index in [1.807, 2.05) is 12.3 Å². The molecule has 0 saturated carbocycles. The van der Waals surface area contributed by atoms with Crippen molar-refractivity contribution >= 4 is 15.9 Å². The van der Waals surface area contributed by atoms with Gasteiger partial charge in [-0.15, -0.1) is 0 Å². The number of hydrogen-bond acceptors (Lipinski definition) is 1. The molecule has 1 aromatic heterocycles. The van der Waals surface area contributed by atoms with Crippen LogP contribution in [-0.4, -0.2) is 4.98 Å². The Labute approximate surface area is 91.9 Å². The fourth-order valence-electron chi connectivity index (χ4n) is 1.44. The fraction of sp³-hybridized carbons (Fsp3) is 0.0833. The molecule has 1 heterocycles. The zero-order valence-corrected chi connectivity index (χ0v) is 9.45. The molecule has 0 unspecified atom stereocenters. The van der Waals surface area contributed by atoms with Crippen molar-refractivity contribution in [3.8, 4) is 11.1 Å². The van der Waals surface area contributed by atoms with Crippen molar-refractivity contribution in [1.82, 2.24) is 4.98 Å². The Kier molecular flexibility index (Phi) is 2.64. The Hall–Kier alpha value is -1.15. The van der Waals surface area contributed by atoms with Gasteiger partial charge in [-0.25, -0.2) is 0 Å². The SMILES string of the molecule is Cc1cc(Br)cc(-c2cccnc2)c1. The van der Waals surface area contributed by atoms with Crippen LogP contribution in [0.2, 0.25) is 0 Å². The zero-order valence-electron chi connectivity index (χ0n) is 7.87. The van der Waals surface area contributed by atoms with Gasteiger partial charge in [0.1, 0.15) is 0 Å². The van der Waals surface area contributed by atoms with Gasteiger partial charge < -0.3 is 0 Å². The molecular weight excluding hydrogens is 238 g/mol. The van der Waals surface area contributed by atoms with Crippen LogP contribution < -0.4 is 0 Å². The predicted octanol–water partition coefficient (Wildman–Crippen LogP) is 3.82. The Balaban J connectivity index is 2.52. The first-order valence-electron chi connectivity index (χ1n) is 4.43. The highest BCUT2D eigenvalue weighted by molar-refractivity contribution is 9.10. The Morgan fingerprint density at radius 3 is 2.64 bits per heavy atom. The van der Waals surface area contributed by atoms with Crippen LogP contribution in [0.15, 0.2) is 47.2 Å². The van der Waals surface area contributed by atoms with Crippen LogP contribution in [0.25, 0.3) is 11.1 Å². The topological polar surface area (TPSA) is 12.9 Å². The van der Waals surface area contributed by atoms with Gasteiger partial charge in [-0.1, -0.05) is 28.1 Å². The lowest BCUT2D eigenvalue weighted by molar-refractivity contribution is 1.32. The molecule has 0 bridgehead atoms. The van der Waals surface area contributed by atoms with E-state index in [-0.39, 0.29) is 0 Å². The van der Waals surface area contributed by atoms with Gasteiger partial charge in [-0.2, -0.15) is 0 Å². The van der Waals surface area contributed by atoms with E-state index in [1.165, 1.54) is 11.1 Å². The van der Waals surface area contributed by atoms with Gasteiger partial charge in [0, 0.05) is 22.4 Å². The third-order valence-corrected chi connectivity index (χ3v) is 2.49. The number of aryl methyl sites for hydroxylation is 1.